The molecule has 2 aromatic carbocycles. The molecule has 232 valence electrons. The maximum absolute atomic E-state index is 12.0. The highest BCUT2D eigenvalue weighted by molar-refractivity contribution is 7.86. The zero-order valence-electron chi connectivity index (χ0n) is 24.8. The van der Waals surface area contributed by atoms with Crippen molar-refractivity contribution in [2.24, 2.45) is 5.14 Å². The lowest BCUT2D eigenvalue weighted by atomic mass is 9.81. The molecule has 0 bridgehead atoms. The fourth-order valence-electron chi connectivity index (χ4n) is 7.14. The quantitative estimate of drug-likeness (QED) is 0.367. The van der Waals surface area contributed by atoms with Gasteiger partial charge in [-0.25, -0.2) is 9.93 Å². The van der Waals surface area contributed by atoms with E-state index in [1.54, 1.807) is 6.07 Å². The van der Waals surface area contributed by atoms with Gasteiger partial charge in [-0.1, -0.05) is 37.5 Å². The van der Waals surface area contributed by atoms with Gasteiger partial charge in [0.05, 0.1) is 24.4 Å². The Balaban J connectivity index is 1.33. The zero-order chi connectivity index (χ0) is 30.1. The number of fused-ring (bicyclic) bond motifs is 5. The highest BCUT2D eigenvalue weighted by atomic mass is 32.2. The molecule has 1 aliphatic carbocycles. The number of aromatic nitrogens is 1. The number of carboxylic acids is 1. The molecule has 3 heterocycles. The first-order chi connectivity index (χ1) is 20.7. The molecule has 43 heavy (non-hydrogen) atoms. The van der Waals surface area contributed by atoms with E-state index in [0.29, 0.717) is 38.8 Å². The Morgan fingerprint density at radius 2 is 1.91 bits per heavy atom. The Hall–Kier alpha value is -2.96. The SMILES string of the molecule is CN(CCN1CCCC1CO[C@@H]1COc2ccccc2-c2c(C3CCCCC3)c3ccc(C(=O)O)cc3n2C1)S(N)(=O)=O. The molecule has 1 aromatic heterocycles. The van der Waals surface area contributed by atoms with Crippen LogP contribution in [0.1, 0.15) is 66.8 Å². The van der Waals surface area contributed by atoms with Gasteiger partial charge in [-0.15, -0.1) is 0 Å². The molecule has 3 aliphatic rings. The molecule has 2 fully saturated rings. The molecular formula is C32H42N4O6S. The number of carbonyl (C=O) groups is 1. The summed E-state index contributed by atoms with van der Waals surface area (Å²) in [5.41, 5.74) is 4.65. The van der Waals surface area contributed by atoms with Crippen LogP contribution in [0, 0.1) is 0 Å². The van der Waals surface area contributed by atoms with E-state index in [4.69, 9.17) is 14.6 Å². The number of likely N-dealkylation sites (tertiary alicyclic amines) is 1. The second-order valence-electron chi connectivity index (χ2n) is 12.2. The van der Waals surface area contributed by atoms with Crippen LogP contribution in [0.4, 0.5) is 0 Å². The van der Waals surface area contributed by atoms with E-state index in [9.17, 15) is 18.3 Å². The van der Waals surface area contributed by atoms with Gasteiger partial charge < -0.3 is 19.1 Å². The van der Waals surface area contributed by atoms with Crippen molar-refractivity contribution in [3.63, 3.8) is 0 Å². The molecule has 1 saturated carbocycles. The number of nitrogens with two attached hydrogens (primary N) is 1. The molecule has 1 unspecified atom stereocenters. The third-order valence-electron chi connectivity index (χ3n) is 9.48. The monoisotopic (exact) mass is 610 g/mol. The number of likely N-dealkylation sites (N-methyl/N-ethyl adjacent to an activating group) is 1. The smallest absolute Gasteiger partial charge is 0.335 e. The summed E-state index contributed by atoms with van der Waals surface area (Å²) < 4.78 is 39.8. The van der Waals surface area contributed by atoms with Crippen molar-refractivity contribution in [2.75, 3.05) is 39.9 Å². The number of carboxylic acid groups (broad SMARTS) is 1. The van der Waals surface area contributed by atoms with Crippen molar-refractivity contribution in [3.8, 4) is 17.0 Å². The number of nitrogens with zero attached hydrogens (tertiary/aromatic N) is 3. The standard InChI is InChI=1S/C32H42N4O6S/c1-34(43(33,39)40)16-17-35-15-7-10-24(35)20-41-25-19-36-28-18-23(32(37)38)13-14-26(28)30(22-8-3-2-4-9-22)31(36)27-11-5-6-12-29(27)42-21-25/h5-6,11-14,18,22,24-25H,2-4,7-10,15-17,19-21H2,1H3,(H,37,38)(H2,33,39,40)/t24?,25-/m0/s1. The average molecular weight is 611 g/mol. The van der Waals surface area contributed by atoms with Crippen LogP contribution in [0.25, 0.3) is 22.2 Å². The van der Waals surface area contributed by atoms with Gasteiger partial charge in [0.15, 0.2) is 0 Å². The summed E-state index contributed by atoms with van der Waals surface area (Å²) in [7, 11) is -2.22. The molecule has 0 radical (unpaired) electrons. The largest absolute Gasteiger partial charge is 0.490 e. The topological polar surface area (TPSA) is 127 Å². The number of hydrogen-bond acceptors (Lipinski definition) is 6. The van der Waals surface area contributed by atoms with Crippen molar-refractivity contribution < 1.29 is 27.8 Å². The molecule has 1 saturated heterocycles. The van der Waals surface area contributed by atoms with Crippen LogP contribution in [0.3, 0.4) is 0 Å². The van der Waals surface area contributed by atoms with E-state index >= 15 is 0 Å². The highest BCUT2D eigenvalue weighted by Crippen LogP contribution is 2.47. The number of ether oxygens (including phenoxy) is 2. The van der Waals surface area contributed by atoms with Crippen molar-refractivity contribution in [1.82, 2.24) is 13.8 Å². The summed E-state index contributed by atoms with van der Waals surface area (Å²) >= 11 is 0. The number of para-hydroxylation sites is 1. The third-order valence-corrected chi connectivity index (χ3v) is 10.5. The lowest BCUT2D eigenvalue weighted by molar-refractivity contribution is -0.0142. The normalized spacial score (nSPS) is 21.7. The fourth-order valence-corrected chi connectivity index (χ4v) is 7.48. The van der Waals surface area contributed by atoms with E-state index in [0.717, 1.165) is 60.1 Å². The maximum Gasteiger partial charge on any atom is 0.335 e. The molecule has 2 aliphatic heterocycles. The molecule has 3 aromatic rings. The van der Waals surface area contributed by atoms with Crippen LogP contribution in [0.2, 0.25) is 0 Å². The lowest BCUT2D eigenvalue weighted by Crippen LogP contribution is -2.43. The molecule has 6 rings (SSSR count). The highest BCUT2D eigenvalue weighted by Gasteiger charge is 2.32. The van der Waals surface area contributed by atoms with Crippen LogP contribution in [0.15, 0.2) is 42.5 Å². The number of hydrogen-bond donors (Lipinski definition) is 2. The Morgan fingerprint density at radius 1 is 1.12 bits per heavy atom. The first kappa shape index (κ1) is 30.1. The van der Waals surface area contributed by atoms with E-state index in [-0.39, 0.29) is 17.7 Å². The molecule has 3 N–H and O–H groups in total. The van der Waals surface area contributed by atoms with Crippen LogP contribution in [-0.4, -0.2) is 85.3 Å². The predicted octanol–water partition coefficient (Wildman–Crippen LogP) is 4.43. The van der Waals surface area contributed by atoms with Gasteiger partial charge in [0, 0.05) is 42.6 Å². The molecular weight excluding hydrogens is 568 g/mol. The summed E-state index contributed by atoms with van der Waals surface area (Å²) in [5, 5.41) is 16.3. The van der Waals surface area contributed by atoms with E-state index < -0.39 is 16.2 Å². The summed E-state index contributed by atoms with van der Waals surface area (Å²) in [6.07, 6.45) is 7.61. The van der Waals surface area contributed by atoms with Crippen LogP contribution < -0.4 is 9.88 Å². The van der Waals surface area contributed by atoms with Crippen LogP contribution in [0.5, 0.6) is 5.75 Å². The van der Waals surface area contributed by atoms with Crippen molar-refractivity contribution in [3.05, 3.63) is 53.6 Å². The van der Waals surface area contributed by atoms with Gasteiger partial charge in [0.1, 0.15) is 18.5 Å². The Kier molecular flexibility index (Phi) is 8.79. The summed E-state index contributed by atoms with van der Waals surface area (Å²) in [4.78, 5) is 14.3. The second-order valence-corrected chi connectivity index (χ2v) is 13.9. The Morgan fingerprint density at radius 3 is 2.67 bits per heavy atom. The van der Waals surface area contributed by atoms with Crippen molar-refractivity contribution >= 4 is 27.1 Å². The molecule has 10 nitrogen and oxygen atoms in total. The summed E-state index contributed by atoms with van der Waals surface area (Å²) in [5.74, 6) is 0.273. The second kappa shape index (κ2) is 12.6. The Labute approximate surface area is 253 Å². The van der Waals surface area contributed by atoms with E-state index in [2.05, 4.69) is 15.5 Å². The summed E-state index contributed by atoms with van der Waals surface area (Å²) in [6.45, 7) is 3.21. The average Bonchev–Trinajstić information content (AvgIpc) is 3.57. The molecule has 11 heteroatoms. The first-order valence-corrected chi connectivity index (χ1v) is 16.9. The van der Waals surface area contributed by atoms with Gasteiger partial charge in [-0.05, 0) is 68.0 Å². The van der Waals surface area contributed by atoms with Crippen LogP contribution in [-0.2, 0) is 21.5 Å². The maximum atomic E-state index is 12.0. The molecule has 0 amide bonds. The predicted molar refractivity (Wildman–Crippen MR) is 166 cm³/mol. The van der Waals surface area contributed by atoms with Gasteiger partial charge in [0.2, 0.25) is 0 Å². The number of benzene rings is 2. The van der Waals surface area contributed by atoms with Crippen molar-refractivity contribution in [2.45, 2.75) is 69.6 Å². The Bertz CT molecular complexity index is 1580. The van der Waals surface area contributed by atoms with E-state index in [1.165, 1.54) is 36.2 Å². The van der Waals surface area contributed by atoms with Gasteiger partial charge >= 0.3 is 5.97 Å². The molecule has 2 atom stereocenters. The van der Waals surface area contributed by atoms with Gasteiger partial charge in [-0.3, -0.25) is 4.90 Å². The lowest BCUT2D eigenvalue weighted by Gasteiger charge is -2.30. The number of aromatic carboxylic acids is 1. The number of rotatable bonds is 9. The van der Waals surface area contributed by atoms with Crippen LogP contribution >= 0.6 is 0 Å². The molecule has 0 spiro atoms. The third kappa shape index (κ3) is 6.32. The minimum atomic E-state index is -3.72. The minimum Gasteiger partial charge on any atom is -0.490 e. The first-order valence-electron chi connectivity index (χ1n) is 15.4. The minimum absolute atomic E-state index is 0.170. The van der Waals surface area contributed by atoms with E-state index in [1.807, 2.05) is 30.3 Å². The van der Waals surface area contributed by atoms with Gasteiger partial charge in [-0.2, -0.15) is 12.7 Å². The zero-order valence-corrected chi connectivity index (χ0v) is 25.6. The van der Waals surface area contributed by atoms with Gasteiger partial charge in [0.25, 0.3) is 10.2 Å². The fraction of sp³-hybridized carbons (Fsp3) is 0.531. The van der Waals surface area contributed by atoms with Crippen molar-refractivity contribution in [1.29, 1.82) is 0 Å². The summed E-state index contributed by atoms with van der Waals surface area (Å²) in [6, 6.07) is 13.8.